The molecule has 0 aliphatic carbocycles. The quantitative estimate of drug-likeness (QED) is 0.874. The number of hydrogen-bond donors (Lipinski definition) is 2. The van der Waals surface area contributed by atoms with E-state index in [0.717, 1.165) is 25.1 Å². The number of urea groups is 1. The summed E-state index contributed by atoms with van der Waals surface area (Å²) in [5.41, 5.74) is 0.952. The molecule has 6 heteroatoms. The standard InChI is InChI=1S/C18H26ClN3O2/c1-13-5-2-3-10-22(13)11-9-20-18(23)21-16-8-12-24-17-14(16)6-4-7-15(17)19/h4,6-7,13,16H,2-3,5,8-12H2,1H3,(H2,20,21,23)/t13-,16+/m1/s1. The van der Waals surface area contributed by atoms with Gasteiger partial charge in [-0.2, -0.15) is 0 Å². The molecule has 1 fully saturated rings. The lowest BCUT2D eigenvalue weighted by Gasteiger charge is -2.33. The van der Waals surface area contributed by atoms with Crippen molar-refractivity contribution >= 4 is 17.6 Å². The number of amides is 2. The number of likely N-dealkylation sites (tertiary alicyclic amines) is 1. The van der Waals surface area contributed by atoms with Gasteiger partial charge in [0.15, 0.2) is 0 Å². The van der Waals surface area contributed by atoms with Gasteiger partial charge in [-0.15, -0.1) is 0 Å². The Bertz CT molecular complexity index is 581. The molecule has 1 aromatic carbocycles. The van der Waals surface area contributed by atoms with Crippen LogP contribution in [0, 0.1) is 0 Å². The summed E-state index contributed by atoms with van der Waals surface area (Å²) in [6, 6.07) is 6.09. The van der Waals surface area contributed by atoms with Crippen LogP contribution >= 0.6 is 11.6 Å². The van der Waals surface area contributed by atoms with Crippen molar-refractivity contribution in [1.29, 1.82) is 0 Å². The second-order valence-corrected chi connectivity index (χ2v) is 7.04. The van der Waals surface area contributed by atoms with Crippen molar-refractivity contribution in [1.82, 2.24) is 15.5 Å². The van der Waals surface area contributed by atoms with Crippen molar-refractivity contribution in [3.8, 4) is 5.75 Å². The highest BCUT2D eigenvalue weighted by Crippen LogP contribution is 2.37. The van der Waals surface area contributed by atoms with Gasteiger partial charge in [-0.05, 0) is 32.4 Å². The Kier molecular flexibility index (Phi) is 5.85. The van der Waals surface area contributed by atoms with Crippen molar-refractivity contribution in [2.24, 2.45) is 0 Å². The molecule has 0 unspecified atom stereocenters. The van der Waals surface area contributed by atoms with E-state index in [9.17, 15) is 4.79 Å². The molecule has 132 valence electrons. The summed E-state index contributed by atoms with van der Waals surface area (Å²) in [6.07, 6.45) is 4.59. The molecule has 0 aromatic heterocycles. The molecular weight excluding hydrogens is 326 g/mol. The van der Waals surface area contributed by atoms with Crippen LogP contribution in [0.4, 0.5) is 4.79 Å². The molecule has 2 heterocycles. The average molecular weight is 352 g/mol. The summed E-state index contributed by atoms with van der Waals surface area (Å²) in [7, 11) is 0. The lowest BCUT2D eigenvalue weighted by atomic mass is 10.0. The number of nitrogens with one attached hydrogen (secondary N) is 2. The maximum atomic E-state index is 12.2. The van der Waals surface area contributed by atoms with Gasteiger partial charge in [-0.1, -0.05) is 30.2 Å². The second kappa shape index (κ2) is 8.08. The molecule has 1 aromatic rings. The lowest BCUT2D eigenvalue weighted by molar-refractivity contribution is 0.161. The molecule has 2 N–H and O–H groups in total. The second-order valence-electron chi connectivity index (χ2n) is 6.63. The number of carbonyl (C=O) groups is 1. The largest absolute Gasteiger partial charge is 0.492 e. The fourth-order valence-corrected chi connectivity index (χ4v) is 3.78. The summed E-state index contributed by atoms with van der Waals surface area (Å²) < 4.78 is 5.63. The number of benzene rings is 1. The molecule has 2 aliphatic rings. The first-order chi connectivity index (χ1) is 11.6. The summed E-state index contributed by atoms with van der Waals surface area (Å²) in [5, 5.41) is 6.62. The molecule has 0 radical (unpaired) electrons. The monoisotopic (exact) mass is 351 g/mol. The topological polar surface area (TPSA) is 53.6 Å². The first-order valence-corrected chi connectivity index (χ1v) is 9.22. The Morgan fingerprint density at radius 3 is 3.08 bits per heavy atom. The van der Waals surface area contributed by atoms with Crippen LogP contribution in [0.2, 0.25) is 5.02 Å². The summed E-state index contributed by atoms with van der Waals surface area (Å²) >= 11 is 6.17. The van der Waals surface area contributed by atoms with Gasteiger partial charge >= 0.3 is 6.03 Å². The van der Waals surface area contributed by atoms with Crippen molar-refractivity contribution in [2.45, 2.75) is 44.7 Å². The number of para-hydroxylation sites is 1. The zero-order valence-electron chi connectivity index (χ0n) is 14.2. The molecule has 2 amide bonds. The molecule has 2 atom stereocenters. The van der Waals surface area contributed by atoms with Gasteiger partial charge in [0.2, 0.25) is 0 Å². The van der Waals surface area contributed by atoms with Crippen LogP contribution in [-0.4, -0.2) is 43.2 Å². The summed E-state index contributed by atoms with van der Waals surface area (Å²) in [4.78, 5) is 14.7. The third kappa shape index (κ3) is 4.14. The van der Waals surface area contributed by atoms with Crippen LogP contribution in [0.3, 0.4) is 0 Å². The molecular formula is C18H26ClN3O2. The summed E-state index contributed by atoms with van der Waals surface area (Å²) in [5.74, 6) is 0.692. The van der Waals surface area contributed by atoms with Gasteiger partial charge in [-0.25, -0.2) is 4.79 Å². The van der Waals surface area contributed by atoms with Crippen LogP contribution in [0.5, 0.6) is 5.75 Å². The number of halogens is 1. The molecule has 5 nitrogen and oxygen atoms in total. The maximum Gasteiger partial charge on any atom is 0.315 e. The number of rotatable bonds is 4. The molecule has 3 rings (SSSR count). The SMILES string of the molecule is C[C@@H]1CCCCN1CCNC(=O)N[C@H]1CCOc2c(Cl)cccc21. The highest BCUT2D eigenvalue weighted by molar-refractivity contribution is 6.32. The van der Waals surface area contributed by atoms with Gasteiger partial charge in [-0.3, -0.25) is 4.90 Å². The van der Waals surface area contributed by atoms with E-state index < -0.39 is 0 Å². The van der Waals surface area contributed by atoms with Crippen molar-refractivity contribution in [3.05, 3.63) is 28.8 Å². The van der Waals surface area contributed by atoms with E-state index in [4.69, 9.17) is 16.3 Å². The minimum atomic E-state index is -0.127. The maximum absolute atomic E-state index is 12.2. The van der Waals surface area contributed by atoms with Crippen molar-refractivity contribution < 1.29 is 9.53 Å². The summed E-state index contributed by atoms with van der Waals surface area (Å²) in [6.45, 7) is 5.54. The first kappa shape index (κ1) is 17.4. The van der Waals surface area contributed by atoms with E-state index in [1.165, 1.54) is 19.3 Å². The Morgan fingerprint density at radius 2 is 2.25 bits per heavy atom. The fraction of sp³-hybridized carbons (Fsp3) is 0.611. The zero-order chi connectivity index (χ0) is 16.9. The van der Waals surface area contributed by atoms with Crippen LogP contribution in [0.15, 0.2) is 18.2 Å². The number of hydrogen-bond acceptors (Lipinski definition) is 3. The van der Waals surface area contributed by atoms with E-state index in [1.807, 2.05) is 18.2 Å². The first-order valence-electron chi connectivity index (χ1n) is 8.85. The third-order valence-corrected chi connectivity index (χ3v) is 5.25. The van der Waals surface area contributed by atoms with Gasteiger partial charge in [0, 0.05) is 31.1 Å². The Morgan fingerprint density at radius 1 is 1.38 bits per heavy atom. The highest BCUT2D eigenvalue weighted by atomic mass is 35.5. The molecule has 1 saturated heterocycles. The highest BCUT2D eigenvalue weighted by Gasteiger charge is 2.24. The van der Waals surface area contributed by atoms with E-state index in [0.29, 0.717) is 30.0 Å². The van der Waals surface area contributed by atoms with E-state index >= 15 is 0 Å². The number of ether oxygens (including phenoxy) is 1. The molecule has 0 saturated carbocycles. The number of fused-ring (bicyclic) bond motifs is 1. The van der Waals surface area contributed by atoms with Gasteiger partial charge < -0.3 is 15.4 Å². The van der Waals surface area contributed by atoms with Crippen LogP contribution < -0.4 is 15.4 Å². The number of carbonyl (C=O) groups excluding carboxylic acids is 1. The molecule has 2 aliphatic heterocycles. The molecule has 0 spiro atoms. The minimum Gasteiger partial charge on any atom is -0.492 e. The smallest absolute Gasteiger partial charge is 0.315 e. The third-order valence-electron chi connectivity index (χ3n) is 4.96. The van der Waals surface area contributed by atoms with Gasteiger partial charge in [0.05, 0.1) is 17.7 Å². The Labute approximate surface area is 148 Å². The number of piperidine rings is 1. The predicted octanol–water partition coefficient (Wildman–Crippen LogP) is 3.34. The van der Waals surface area contributed by atoms with E-state index in [-0.39, 0.29) is 12.1 Å². The van der Waals surface area contributed by atoms with Crippen LogP contribution in [0.1, 0.15) is 44.2 Å². The van der Waals surface area contributed by atoms with Crippen molar-refractivity contribution in [2.75, 3.05) is 26.2 Å². The van der Waals surface area contributed by atoms with E-state index in [2.05, 4.69) is 22.5 Å². The van der Waals surface area contributed by atoms with Gasteiger partial charge in [0.25, 0.3) is 0 Å². The Hall–Kier alpha value is -1.46. The fourth-order valence-electron chi connectivity index (χ4n) is 3.55. The van der Waals surface area contributed by atoms with E-state index in [1.54, 1.807) is 0 Å². The average Bonchev–Trinajstić information content (AvgIpc) is 2.58. The zero-order valence-corrected chi connectivity index (χ0v) is 14.9. The lowest BCUT2D eigenvalue weighted by Crippen LogP contribution is -2.45. The molecule has 0 bridgehead atoms. The minimum absolute atomic E-state index is 0.0543. The van der Waals surface area contributed by atoms with Crippen LogP contribution in [0.25, 0.3) is 0 Å². The predicted molar refractivity (Wildman–Crippen MR) is 95.7 cm³/mol. The molecule has 24 heavy (non-hydrogen) atoms. The van der Waals surface area contributed by atoms with Crippen molar-refractivity contribution in [3.63, 3.8) is 0 Å². The normalized spacial score (nSPS) is 23.9. The van der Waals surface area contributed by atoms with Crippen LogP contribution in [-0.2, 0) is 0 Å². The van der Waals surface area contributed by atoms with Gasteiger partial charge in [0.1, 0.15) is 5.75 Å². The Balaban J connectivity index is 1.48. The number of nitrogens with zero attached hydrogens (tertiary/aromatic N) is 1.